The zero-order valence-corrected chi connectivity index (χ0v) is 17.9. The fraction of sp³-hybridized carbons (Fsp3) is 0.217. The molecule has 3 rings (SSSR count). The van der Waals surface area contributed by atoms with Crippen molar-refractivity contribution in [2.45, 2.75) is 13.3 Å². The molecule has 2 aromatic carbocycles. The molecule has 1 aromatic heterocycles. The first-order valence-corrected chi connectivity index (χ1v) is 10.2. The summed E-state index contributed by atoms with van der Waals surface area (Å²) >= 11 is 1.36. The van der Waals surface area contributed by atoms with Gasteiger partial charge in [0.25, 0.3) is 5.91 Å². The average molecular weight is 426 g/mol. The Morgan fingerprint density at radius 1 is 0.967 bits per heavy atom. The molecule has 0 atom stereocenters. The standard InChI is InChI=1S/C23H23NO5S/c1-4-29-23(26)20-14-19(10-15-8-6-5-7-9-15)30-22(20)24-21(25)16-11-17(27-2)13-18(12-16)28-3/h5-9,11-14H,4,10H2,1-3H3,(H,24,25). The van der Waals surface area contributed by atoms with E-state index >= 15 is 0 Å². The summed E-state index contributed by atoms with van der Waals surface area (Å²) in [5.41, 5.74) is 1.82. The van der Waals surface area contributed by atoms with Gasteiger partial charge in [0, 0.05) is 22.9 Å². The SMILES string of the molecule is CCOC(=O)c1cc(Cc2ccccc2)sc1NC(=O)c1cc(OC)cc(OC)c1. The molecule has 7 heteroatoms. The Hall–Kier alpha value is -3.32. The highest BCUT2D eigenvalue weighted by Gasteiger charge is 2.20. The van der Waals surface area contributed by atoms with Crippen LogP contribution in [-0.2, 0) is 11.2 Å². The third-order valence-corrected chi connectivity index (χ3v) is 5.39. The lowest BCUT2D eigenvalue weighted by Crippen LogP contribution is -2.14. The Bertz CT molecular complexity index is 1010. The lowest BCUT2D eigenvalue weighted by atomic mass is 10.1. The molecule has 156 valence electrons. The molecule has 0 aliphatic heterocycles. The molecule has 30 heavy (non-hydrogen) atoms. The minimum absolute atomic E-state index is 0.253. The normalized spacial score (nSPS) is 10.4. The molecule has 0 saturated heterocycles. The number of anilines is 1. The number of nitrogens with one attached hydrogen (secondary N) is 1. The quantitative estimate of drug-likeness (QED) is 0.526. The topological polar surface area (TPSA) is 73.9 Å². The minimum Gasteiger partial charge on any atom is -0.497 e. The van der Waals surface area contributed by atoms with Crippen LogP contribution in [0.5, 0.6) is 11.5 Å². The second-order valence-electron chi connectivity index (χ2n) is 6.39. The van der Waals surface area contributed by atoms with E-state index in [4.69, 9.17) is 14.2 Å². The number of esters is 1. The Morgan fingerprint density at radius 3 is 2.23 bits per heavy atom. The molecule has 0 spiro atoms. The molecular formula is C23H23NO5S. The number of amides is 1. The van der Waals surface area contributed by atoms with Crippen LogP contribution < -0.4 is 14.8 Å². The van der Waals surface area contributed by atoms with Gasteiger partial charge in [-0.1, -0.05) is 30.3 Å². The Labute approximate surface area is 179 Å². The van der Waals surface area contributed by atoms with Crippen LogP contribution in [0, 0.1) is 0 Å². The van der Waals surface area contributed by atoms with Gasteiger partial charge in [0.1, 0.15) is 16.5 Å². The third-order valence-electron chi connectivity index (χ3n) is 4.34. The van der Waals surface area contributed by atoms with Crippen LogP contribution in [0.15, 0.2) is 54.6 Å². The van der Waals surface area contributed by atoms with E-state index in [-0.39, 0.29) is 12.5 Å². The van der Waals surface area contributed by atoms with Crippen molar-refractivity contribution >= 4 is 28.2 Å². The van der Waals surface area contributed by atoms with E-state index in [2.05, 4.69) is 5.32 Å². The number of thiophene rings is 1. The summed E-state index contributed by atoms with van der Waals surface area (Å²) in [6.45, 7) is 2.00. The van der Waals surface area contributed by atoms with Gasteiger partial charge in [0.05, 0.1) is 26.4 Å². The molecule has 1 heterocycles. The maximum atomic E-state index is 12.9. The number of rotatable bonds is 8. The molecule has 6 nitrogen and oxygen atoms in total. The summed E-state index contributed by atoms with van der Waals surface area (Å²) < 4.78 is 15.6. The number of hydrogen-bond donors (Lipinski definition) is 1. The summed E-state index contributed by atoms with van der Waals surface area (Å²) in [6.07, 6.45) is 0.654. The fourth-order valence-corrected chi connectivity index (χ4v) is 3.97. The predicted molar refractivity (Wildman–Crippen MR) is 117 cm³/mol. The predicted octanol–water partition coefficient (Wildman–Crippen LogP) is 4.79. The van der Waals surface area contributed by atoms with Gasteiger partial charge in [-0.2, -0.15) is 0 Å². The Kier molecular flexibility index (Phi) is 7.08. The molecule has 3 aromatic rings. The molecule has 0 bridgehead atoms. The highest BCUT2D eigenvalue weighted by Crippen LogP contribution is 2.32. The number of hydrogen-bond acceptors (Lipinski definition) is 6. The maximum Gasteiger partial charge on any atom is 0.341 e. The first-order chi connectivity index (χ1) is 14.5. The van der Waals surface area contributed by atoms with Crippen molar-refractivity contribution in [3.63, 3.8) is 0 Å². The molecule has 0 fully saturated rings. The molecule has 0 radical (unpaired) electrons. The summed E-state index contributed by atoms with van der Waals surface area (Å²) in [7, 11) is 3.04. The Balaban J connectivity index is 1.89. The van der Waals surface area contributed by atoms with Gasteiger partial charge in [-0.15, -0.1) is 11.3 Å². The van der Waals surface area contributed by atoms with Gasteiger partial charge in [0.2, 0.25) is 0 Å². The van der Waals surface area contributed by atoms with Crippen molar-refractivity contribution in [3.05, 3.63) is 76.2 Å². The van der Waals surface area contributed by atoms with Crippen LogP contribution in [0.2, 0.25) is 0 Å². The molecule has 0 saturated carbocycles. The van der Waals surface area contributed by atoms with Crippen LogP contribution in [0.25, 0.3) is 0 Å². The zero-order valence-electron chi connectivity index (χ0n) is 17.1. The second kappa shape index (κ2) is 9.93. The second-order valence-corrected chi connectivity index (χ2v) is 7.53. The number of methoxy groups -OCH3 is 2. The van der Waals surface area contributed by atoms with Crippen LogP contribution in [0.4, 0.5) is 5.00 Å². The first-order valence-electron chi connectivity index (χ1n) is 9.42. The van der Waals surface area contributed by atoms with Gasteiger partial charge in [-0.05, 0) is 30.7 Å². The molecule has 1 N–H and O–H groups in total. The first kappa shape index (κ1) is 21.4. The molecule has 0 aliphatic rings. The zero-order chi connectivity index (χ0) is 21.5. The summed E-state index contributed by atoms with van der Waals surface area (Å²) in [5.74, 6) is 0.166. The van der Waals surface area contributed by atoms with E-state index in [1.165, 1.54) is 25.6 Å². The molecule has 0 aliphatic carbocycles. The van der Waals surface area contributed by atoms with Gasteiger partial charge in [0.15, 0.2) is 0 Å². The molecular weight excluding hydrogens is 402 g/mol. The minimum atomic E-state index is -0.466. The lowest BCUT2D eigenvalue weighted by Gasteiger charge is -2.09. The van der Waals surface area contributed by atoms with Crippen LogP contribution in [0.1, 0.15) is 38.1 Å². The number of carbonyl (C=O) groups excluding carboxylic acids is 2. The van der Waals surface area contributed by atoms with Gasteiger partial charge < -0.3 is 19.5 Å². The van der Waals surface area contributed by atoms with Crippen molar-refractivity contribution in [1.82, 2.24) is 0 Å². The fourth-order valence-electron chi connectivity index (χ4n) is 2.89. The van der Waals surface area contributed by atoms with Crippen LogP contribution in [-0.4, -0.2) is 32.7 Å². The monoisotopic (exact) mass is 425 g/mol. The van der Waals surface area contributed by atoms with E-state index < -0.39 is 5.97 Å². The van der Waals surface area contributed by atoms with E-state index in [0.29, 0.717) is 34.0 Å². The highest BCUT2D eigenvalue weighted by molar-refractivity contribution is 7.16. The summed E-state index contributed by atoms with van der Waals surface area (Å²) in [5, 5.41) is 3.29. The van der Waals surface area contributed by atoms with Crippen LogP contribution in [0.3, 0.4) is 0 Å². The van der Waals surface area contributed by atoms with Gasteiger partial charge >= 0.3 is 5.97 Å². The lowest BCUT2D eigenvalue weighted by molar-refractivity contribution is 0.0528. The van der Waals surface area contributed by atoms with E-state index in [1.54, 1.807) is 31.2 Å². The van der Waals surface area contributed by atoms with Crippen molar-refractivity contribution in [1.29, 1.82) is 0 Å². The van der Waals surface area contributed by atoms with Crippen molar-refractivity contribution < 1.29 is 23.8 Å². The maximum absolute atomic E-state index is 12.9. The largest absolute Gasteiger partial charge is 0.497 e. The van der Waals surface area contributed by atoms with E-state index in [1.807, 2.05) is 30.3 Å². The third kappa shape index (κ3) is 5.18. The molecule has 1 amide bonds. The smallest absolute Gasteiger partial charge is 0.341 e. The van der Waals surface area contributed by atoms with Crippen molar-refractivity contribution in [3.8, 4) is 11.5 Å². The highest BCUT2D eigenvalue weighted by atomic mass is 32.1. The Morgan fingerprint density at radius 2 is 1.63 bits per heavy atom. The number of benzene rings is 2. The van der Waals surface area contributed by atoms with E-state index in [0.717, 1.165) is 10.4 Å². The van der Waals surface area contributed by atoms with Gasteiger partial charge in [-0.3, -0.25) is 4.79 Å². The molecule has 0 unspecified atom stereocenters. The van der Waals surface area contributed by atoms with Crippen molar-refractivity contribution in [2.75, 3.05) is 26.1 Å². The van der Waals surface area contributed by atoms with E-state index in [9.17, 15) is 9.59 Å². The summed E-state index contributed by atoms with van der Waals surface area (Å²) in [6, 6.07) is 16.6. The van der Waals surface area contributed by atoms with Gasteiger partial charge in [-0.25, -0.2) is 4.79 Å². The summed E-state index contributed by atoms with van der Waals surface area (Å²) in [4.78, 5) is 26.3. The number of carbonyl (C=O) groups is 2. The number of ether oxygens (including phenoxy) is 3. The average Bonchev–Trinajstić information content (AvgIpc) is 3.16. The van der Waals surface area contributed by atoms with Crippen LogP contribution >= 0.6 is 11.3 Å². The van der Waals surface area contributed by atoms with Crippen molar-refractivity contribution in [2.24, 2.45) is 0 Å².